The number of hydrogen-bond acceptors (Lipinski definition) is 7. The van der Waals surface area contributed by atoms with Gasteiger partial charge in [0.25, 0.3) is 11.8 Å². The van der Waals surface area contributed by atoms with Crippen molar-refractivity contribution in [3.63, 3.8) is 0 Å². The Labute approximate surface area is 228 Å². The van der Waals surface area contributed by atoms with Crippen LogP contribution in [0.3, 0.4) is 0 Å². The van der Waals surface area contributed by atoms with Crippen molar-refractivity contribution in [3.8, 4) is 17.2 Å². The molecule has 2 aliphatic rings. The van der Waals surface area contributed by atoms with Crippen LogP contribution in [0, 0.1) is 6.92 Å². The number of nitrogens with one attached hydrogen (secondary N) is 1. The zero-order chi connectivity index (χ0) is 25.9. The van der Waals surface area contributed by atoms with Crippen LogP contribution in [-0.2, 0) is 16.1 Å². The van der Waals surface area contributed by atoms with Crippen LogP contribution in [0.25, 0.3) is 6.08 Å². The molecule has 0 aromatic heterocycles. The molecule has 0 saturated carbocycles. The van der Waals surface area contributed by atoms with Gasteiger partial charge in [0.05, 0.1) is 11.4 Å². The van der Waals surface area contributed by atoms with E-state index in [1.807, 2.05) is 37.3 Å². The van der Waals surface area contributed by atoms with Gasteiger partial charge in [0.15, 0.2) is 18.1 Å². The topological polar surface area (TPSA) is 77.1 Å². The smallest absolute Gasteiger partial charge is 0.266 e. The number of halogens is 1. The van der Waals surface area contributed by atoms with Crippen molar-refractivity contribution in [1.82, 2.24) is 4.90 Å². The molecule has 0 atom stereocenters. The number of thiocarbonyl (C=S) groups is 1. The Bertz CT molecular complexity index is 1440. The van der Waals surface area contributed by atoms with E-state index in [4.69, 9.17) is 38.0 Å². The van der Waals surface area contributed by atoms with Crippen molar-refractivity contribution < 1.29 is 23.8 Å². The number of nitrogens with zero attached hydrogens (tertiary/aromatic N) is 1. The highest BCUT2D eigenvalue weighted by Crippen LogP contribution is 2.36. The SMILES string of the molecule is Cc1ccc(Cl)cc1NC(=O)COc1cccc(/C=C2\SC(=S)N(Cc3ccc4c(c3)OCO4)C2=O)c1. The highest BCUT2D eigenvalue weighted by atomic mass is 35.5. The maximum atomic E-state index is 13.1. The van der Waals surface area contributed by atoms with Crippen molar-refractivity contribution in [2.75, 3.05) is 18.7 Å². The summed E-state index contributed by atoms with van der Waals surface area (Å²) in [4.78, 5) is 27.5. The van der Waals surface area contributed by atoms with Crippen molar-refractivity contribution in [3.05, 3.63) is 87.3 Å². The molecule has 2 aliphatic heterocycles. The van der Waals surface area contributed by atoms with E-state index < -0.39 is 0 Å². The zero-order valence-electron chi connectivity index (χ0n) is 19.7. The highest BCUT2D eigenvalue weighted by molar-refractivity contribution is 8.26. The Balaban J connectivity index is 1.22. The third-order valence-corrected chi connectivity index (χ3v) is 7.26. The van der Waals surface area contributed by atoms with Gasteiger partial charge in [-0.3, -0.25) is 14.5 Å². The van der Waals surface area contributed by atoms with E-state index in [9.17, 15) is 9.59 Å². The third kappa shape index (κ3) is 5.90. The number of carbonyl (C=O) groups is 2. The normalized spacial score (nSPS) is 15.4. The molecule has 1 fully saturated rings. The maximum absolute atomic E-state index is 13.1. The lowest BCUT2D eigenvalue weighted by molar-refractivity contribution is -0.122. The van der Waals surface area contributed by atoms with E-state index >= 15 is 0 Å². The highest BCUT2D eigenvalue weighted by Gasteiger charge is 2.32. The number of anilines is 1. The van der Waals surface area contributed by atoms with Gasteiger partial charge in [-0.15, -0.1) is 0 Å². The van der Waals surface area contributed by atoms with E-state index in [1.54, 1.807) is 41.3 Å². The summed E-state index contributed by atoms with van der Waals surface area (Å²) in [6, 6.07) is 18.0. The fourth-order valence-corrected chi connectivity index (χ4v) is 5.19. The van der Waals surface area contributed by atoms with Crippen molar-refractivity contribution in [2.24, 2.45) is 0 Å². The quantitative estimate of drug-likeness (QED) is 0.293. The van der Waals surface area contributed by atoms with Gasteiger partial charge in [0, 0.05) is 10.7 Å². The summed E-state index contributed by atoms with van der Waals surface area (Å²) in [7, 11) is 0. The molecule has 3 aromatic carbocycles. The van der Waals surface area contributed by atoms with E-state index in [1.165, 1.54) is 11.8 Å². The van der Waals surface area contributed by atoms with Gasteiger partial charge >= 0.3 is 0 Å². The molecule has 0 unspecified atom stereocenters. The number of amides is 2. The van der Waals surface area contributed by atoms with Gasteiger partial charge < -0.3 is 19.5 Å². The Hall–Kier alpha value is -3.53. The van der Waals surface area contributed by atoms with Gasteiger partial charge in [0.2, 0.25) is 6.79 Å². The number of rotatable bonds is 7. The summed E-state index contributed by atoms with van der Waals surface area (Å²) in [5, 5.41) is 3.34. The molecule has 7 nitrogen and oxygen atoms in total. The molecule has 0 bridgehead atoms. The molecular weight excluding hydrogens is 532 g/mol. The van der Waals surface area contributed by atoms with Crippen LogP contribution in [-0.4, -0.2) is 34.4 Å². The lowest BCUT2D eigenvalue weighted by Gasteiger charge is -2.14. The molecule has 1 N–H and O–H groups in total. The van der Waals surface area contributed by atoms with Gasteiger partial charge in [0.1, 0.15) is 10.1 Å². The summed E-state index contributed by atoms with van der Waals surface area (Å²) < 4.78 is 16.9. The number of fused-ring (bicyclic) bond motifs is 1. The van der Waals surface area contributed by atoms with Gasteiger partial charge in [-0.25, -0.2) is 0 Å². The monoisotopic (exact) mass is 552 g/mol. The number of carbonyl (C=O) groups excluding carboxylic acids is 2. The second-order valence-corrected chi connectivity index (χ2v) is 10.4. The fourth-order valence-electron chi connectivity index (χ4n) is 3.77. The maximum Gasteiger partial charge on any atom is 0.266 e. The Morgan fingerprint density at radius 2 is 2.00 bits per heavy atom. The summed E-state index contributed by atoms with van der Waals surface area (Å²) in [5.74, 6) is 1.37. The second-order valence-electron chi connectivity index (χ2n) is 8.32. The summed E-state index contributed by atoms with van der Waals surface area (Å²) in [6.07, 6.45) is 1.77. The first kappa shape index (κ1) is 25.1. The van der Waals surface area contributed by atoms with Crippen LogP contribution >= 0.6 is 35.6 Å². The number of benzene rings is 3. The molecule has 188 valence electrons. The number of thioether (sulfide) groups is 1. The molecule has 1 saturated heterocycles. The number of aryl methyl sites for hydroxylation is 1. The average molecular weight is 553 g/mol. The molecule has 0 spiro atoms. The summed E-state index contributed by atoms with van der Waals surface area (Å²) in [5.41, 5.74) is 3.18. The minimum atomic E-state index is -0.305. The van der Waals surface area contributed by atoms with Crippen molar-refractivity contribution >= 4 is 63.5 Å². The molecule has 10 heteroatoms. The van der Waals surface area contributed by atoms with E-state index in [0.29, 0.717) is 43.7 Å². The van der Waals surface area contributed by atoms with E-state index in [2.05, 4.69) is 5.32 Å². The van der Waals surface area contributed by atoms with E-state index in [-0.39, 0.29) is 25.2 Å². The Kier molecular flexibility index (Phi) is 7.36. The molecular formula is C27H21ClN2O5S2. The van der Waals surface area contributed by atoms with Crippen LogP contribution in [0.2, 0.25) is 5.02 Å². The molecule has 37 heavy (non-hydrogen) atoms. The first-order valence-corrected chi connectivity index (χ1v) is 12.9. The zero-order valence-corrected chi connectivity index (χ0v) is 22.0. The lowest BCUT2D eigenvalue weighted by Crippen LogP contribution is -2.27. The van der Waals surface area contributed by atoms with Crippen LogP contribution in [0.5, 0.6) is 17.2 Å². The van der Waals surface area contributed by atoms with Crippen LogP contribution in [0.1, 0.15) is 16.7 Å². The van der Waals surface area contributed by atoms with Crippen molar-refractivity contribution in [2.45, 2.75) is 13.5 Å². The van der Waals surface area contributed by atoms with Crippen LogP contribution in [0.15, 0.2) is 65.6 Å². The molecule has 5 rings (SSSR count). The first-order chi connectivity index (χ1) is 17.9. The standard InChI is InChI=1S/C27H21ClN2O5S2/c1-16-5-7-19(28)12-21(16)29-25(31)14-33-20-4-2-3-17(9-20)11-24-26(32)30(27(36)37-24)13-18-6-8-22-23(10-18)35-15-34-22/h2-12H,13-15H2,1H3,(H,29,31)/b24-11-. The Morgan fingerprint density at radius 3 is 2.86 bits per heavy atom. The van der Waals surface area contributed by atoms with Gasteiger partial charge in [-0.1, -0.05) is 59.8 Å². The fraction of sp³-hybridized carbons (Fsp3) is 0.148. The van der Waals surface area contributed by atoms with Crippen molar-refractivity contribution in [1.29, 1.82) is 0 Å². The molecule has 3 aromatic rings. The van der Waals surface area contributed by atoms with Crippen LogP contribution < -0.4 is 19.5 Å². The molecule has 2 amide bonds. The molecule has 0 radical (unpaired) electrons. The van der Waals surface area contributed by atoms with Crippen LogP contribution in [0.4, 0.5) is 5.69 Å². The van der Waals surface area contributed by atoms with E-state index in [0.717, 1.165) is 16.7 Å². The predicted molar refractivity (Wildman–Crippen MR) is 148 cm³/mol. The van der Waals surface area contributed by atoms with Gasteiger partial charge in [-0.2, -0.15) is 0 Å². The number of ether oxygens (including phenoxy) is 3. The third-order valence-electron chi connectivity index (χ3n) is 5.65. The molecule has 2 heterocycles. The Morgan fingerprint density at radius 1 is 1.16 bits per heavy atom. The number of hydrogen-bond donors (Lipinski definition) is 1. The lowest BCUT2D eigenvalue weighted by atomic mass is 10.1. The first-order valence-electron chi connectivity index (χ1n) is 11.3. The molecule has 0 aliphatic carbocycles. The minimum Gasteiger partial charge on any atom is -0.484 e. The largest absolute Gasteiger partial charge is 0.484 e. The van der Waals surface area contributed by atoms with Gasteiger partial charge in [-0.05, 0) is 66.1 Å². The average Bonchev–Trinajstić information content (AvgIpc) is 3.45. The minimum absolute atomic E-state index is 0.171. The summed E-state index contributed by atoms with van der Waals surface area (Å²) in [6.45, 7) is 2.24. The predicted octanol–water partition coefficient (Wildman–Crippen LogP) is 5.80. The second kappa shape index (κ2) is 10.8. The summed E-state index contributed by atoms with van der Waals surface area (Å²) >= 11 is 12.7.